The third-order valence-electron chi connectivity index (χ3n) is 3.65. The molecule has 1 amide bonds. The Balaban J connectivity index is 2.03. The molecule has 102 valence electrons. The van der Waals surface area contributed by atoms with Gasteiger partial charge in [0, 0.05) is 25.9 Å². The summed E-state index contributed by atoms with van der Waals surface area (Å²) >= 11 is 0. The lowest BCUT2D eigenvalue weighted by Gasteiger charge is -2.31. The normalized spacial score (nSPS) is 27.9. The minimum Gasteiger partial charge on any atom is -0.411 e. The van der Waals surface area contributed by atoms with Crippen LogP contribution in [0.15, 0.2) is 5.16 Å². The first-order chi connectivity index (χ1) is 8.54. The first kappa shape index (κ1) is 13.3. The first-order valence-electron chi connectivity index (χ1n) is 6.25. The summed E-state index contributed by atoms with van der Waals surface area (Å²) in [6.45, 7) is 0.897. The maximum atomic E-state index is 12.2. The van der Waals surface area contributed by atoms with Crippen molar-refractivity contribution in [2.24, 2.45) is 5.16 Å². The van der Waals surface area contributed by atoms with Crippen molar-refractivity contribution in [3.05, 3.63) is 0 Å². The van der Waals surface area contributed by atoms with Crippen molar-refractivity contribution in [1.29, 1.82) is 0 Å². The lowest BCUT2D eigenvalue weighted by atomic mass is 10.1. The van der Waals surface area contributed by atoms with Crippen molar-refractivity contribution < 1.29 is 18.4 Å². The molecular weight excluding hydrogens is 256 g/mol. The van der Waals surface area contributed by atoms with Gasteiger partial charge in [-0.25, -0.2) is 8.42 Å². The second-order valence-electron chi connectivity index (χ2n) is 4.84. The zero-order chi connectivity index (χ0) is 13.2. The Bertz CT molecular complexity index is 448. The average molecular weight is 274 g/mol. The summed E-state index contributed by atoms with van der Waals surface area (Å²) in [6, 6.07) is 0. The number of amides is 1. The van der Waals surface area contributed by atoms with E-state index in [2.05, 4.69) is 5.16 Å². The van der Waals surface area contributed by atoms with Crippen molar-refractivity contribution in [3.8, 4) is 0 Å². The molecule has 0 spiro atoms. The third-order valence-corrected chi connectivity index (χ3v) is 5.81. The second-order valence-corrected chi connectivity index (χ2v) is 7.15. The number of likely N-dealkylation sites (tertiary alicyclic amines) is 1. The smallest absolute Gasteiger partial charge is 0.240 e. The molecule has 1 N–H and O–H groups in total. The van der Waals surface area contributed by atoms with Crippen LogP contribution in [0.2, 0.25) is 0 Å². The molecule has 0 aromatic carbocycles. The van der Waals surface area contributed by atoms with Gasteiger partial charge in [-0.2, -0.15) is 0 Å². The number of nitrogens with zero attached hydrogens (tertiary/aromatic N) is 2. The van der Waals surface area contributed by atoms with E-state index < -0.39 is 15.1 Å². The number of hydrogen-bond acceptors (Lipinski definition) is 5. The van der Waals surface area contributed by atoms with Crippen LogP contribution in [0.5, 0.6) is 0 Å². The summed E-state index contributed by atoms with van der Waals surface area (Å²) in [5.74, 6) is -0.146. The van der Waals surface area contributed by atoms with Crippen molar-refractivity contribution >= 4 is 21.5 Å². The van der Waals surface area contributed by atoms with Crippen LogP contribution >= 0.6 is 0 Å². The van der Waals surface area contributed by atoms with Gasteiger partial charge in [0.1, 0.15) is 5.25 Å². The van der Waals surface area contributed by atoms with Gasteiger partial charge in [-0.05, 0) is 12.8 Å². The van der Waals surface area contributed by atoms with Crippen LogP contribution in [0.3, 0.4) is 0 Å². The Morgan fingerprint density at radius 3 is 2.50 bits per heavy atom. The quantitative estimate of drug-likeness (QED) is 0.554. The second kappa shape index (κ2) is 5.26. The standard InChI is InChI=1S/C11H18N2O4S/c14-11(10-3-1-2-8-18(10,16)17)13-6-4-9(12-15)5-7-13/h10,15H,1-8H2. The molecule has 1 atom stereocenters. The molecule has 0 radical (unpaired) electrons. The van der Waals surface area contributed by atoms with E-state index in [1.54, 1.807) is 4.90 Å². The number of sulfone groups is 1. The molecule has 7 heteroatoms. The van der Waals surface area contributed by atoms with Crippen molar-refractivity contribution in [3.63, 3.8) is 0 Å². The Kier molecular flexibility index (Phi) is 3.89. The molecule has 2 fully saturated rings. The summed E-state index contributed by atoms with van der Waals surface area (Å²) in [6.07, 6.45) is 2.95. The van der Waals surface area contributed by atoms with E-state index >= 15 is 0 Å². The predicted molar refractivity (Wildman–Crippen MR) is 66.5 cm³/mol. The average Bonchev–Trinajstić information content (AvgIpc) is 2.37. The van der Waals surface area contributed by atoms with E-state index in [0.29, 0.717) is 44.5 Å². The number of hydrogen-bond donors (Lipinski definition) is 1. The van der Waals surface area contributed by atoms with Crippen molar-refractivity contribution in [2.75, 3.05) is 18.8 Å². The minimum absolute atomic E-state index is 0.126. The molecule has 2 rings (SSSR count). The van der Waals surface area contributed by atoms with Gasteiger partial charge >= 0.3 is 0 Å². The number of carbonyl (C=O) groups is 1. The van der Waals surface area contributed by atoms with Crippen LogP contribution in [0, 0.1) is 0 Å². The SMILES string of the molecule is O=C(C1CCCCS1(=O)=O)N1CCC(=NO)CC1. The topological polar surface area (TPSA) is 87.0 Å². The number of rotatable bonds is 1. The fourth-order valence-corrected chi connectivity index (χ4v) is 4.39. The van der Waals surface area contributed by atoms with E-state index in [4.69, 9.17) is 5.21 Å². The Morgan fingerprint density at radius 1 is 1.28 bits per heavy atom. The highest BCUT2D eigenvalue weighted by Gasteiger charge is 2.37. The molecule has 0 aliphatic carbocycles. The molecule has 0 aromatic heterocycles. The van der Waals surface area contributed by atoms with Gasteiger partial charge in [0.25, 0.3) is 0 Å². The van der Waals surface area contributed by atoms with Gasteiger partial charge in [0.05, 0.1) is 11.5 Å². The maximum Gasteiger partial charge on any atom is 0.240 e. The first-order valence-corrected chi connectivity index (χ1v) is 7.96. The van der Waals surface area contributed by atoms with E-state index in [0.717, 1.165) is 6.42 Å². The molecule has 18 heavy (non-hydrogen) atoms. The highest BCUT2D eigenvalue weighted by atomic mass is 32.2. The van der Waals surface area contributed by atoms with E-state index in [-0.39, 0.29) is 11.7 Å². The molecule has 0 bridgehead atoms. The largest absolute Gasteiger partial charge is 0.411 e. The van der Waals surface area contributed by atoms with Gasteiger partial charge < -0.3 is 10.1 Å². The molecule has 2 aliphatic rings. The molecule has 0 saturated carbocycles. The van der Waals surface area contributed by atoms with Gasteiger partial charge in [0.15, 0.2) is 9.84 Å². The van der Waals surface area contributed by atoms with Crippen LogP contribution in [0.1, 0.15) is 32.1 Å². The van der Waals surface area contributed by atoms with Crippen molar-refractivity contribution in [1.82, 2.24) is 4.90 Å². The lowest BCUT2D eigenvalue weighted by molar-refractivity contribution is -0.131. The lowest BCUT2D eigenvalue weighted by Crippen LogP contribution is -2.48. The van der Waals surface area contributed by atoms with E-state index in [1.165, 1.54) is 0 Å². The zero-order valence-corrected chi connectivity index (χ0v) is 11.0. The molecule has 0 aromatic rings. The fourth-order valence-electron chi connectivity index (χ4n) is 2.52. The summed E-state index contributed by atoms with van der Waals surface area (Å²) in [5, 5.41) is 10.9. The molecule has 2 aliphatic heterocycles. The molecular formula is C11H18N2O4S. The summed E-state index contributed by atoms with van der Waals surface area (Å²) in [4.78, 5) is 13.8. The molecule has 1 unspecified atom stereocenters. The Labute approximate surface area is 107 Å². The highest BCUT2D eigenvalue weighted by Crippen LogP contribution is 2.22. The Hall–Kier alpha value is -1.11. The fraction of sp³-hybridized carbons (Fsp3) is 0.818. The van der Waals surface area contributed by atoms with Crippen LogP contribution in [0.4, 0.5) is 0 Å². The monoisotopic (exact) mass is 274 g/mol. The zero-order valence-electron chi connectivity index (χ0n) is 10.2. The molecule has 6 nitrogen and oxygen atoms in total. The molecule has 2 saturated heterocycles. The van der Waals surface area contributed by atoms with E-state index in [1.807, 2.05) is 0 Å². The highest BCUT2D eigenvalue weighted by molar-refractivity contribution is 7.92. The Morgan fingerprint density at radius 2 is 1.94 bits per heavy atom. The maximum absolute atomic E-state index is 12.2. The summed E-state index contributed by atoms with van der Waals surface area (Å²) < 4.78 is 23.8. The van der Waals surface area contributed by atoms with E-state index in [9.17, 15) is 13.2 Å². The van der Waals surface area contributed by atoms with Gasteiger partial charge in [-0.3, -0.25) is 4.79 Å². The van der Waals surface area contributed by atoms with Crippen LogP contribution in [0.25, 0.3) is 0 Å². The third kappa shape index (κ3) is 2.66. The minimum atomic E-state index is -3.26. The summed E-state index contributed by atoms with van der Waals surface area (Å²) in [5.41, 5.74) is 0.672. The van der Waals surface area contributed by atoms with Crippen LogP contribution in [-0.2, 0) is 14.6 Å². The number of piperidine rings is 1. The van der Waals surface area contributed by atoms with Gasteiger partial charge in [0.2, 0.25) is 5.91 Å². The van der Waals surface area contributed by atoms with Crippen LogP contribution < -0.4 is 0 Å². The van der Waals surface area contributed by atoms with Crippen molar-refractivity contribution in [2.45, 2.75) is 37.4 Å². The van der Waals surface area contributed by atoms with Crippen LogP contribution in [-0.4, -0.2) is 54.2 Å². The van der Waals surface area contributed by atoms with Gasteiger partial charge in [-0.1, -0.05) is 11.6 Å². The number of oxime groups is 1. The predicted octanol–water partition coefficient (Wildman–Crippen LogP) is 0.406. The number of carbonyl (C=O) groups excluding carboxylic acids is 1. The molecule has 2 heterocycles. The summed E-state index contributed by atoms with van der Waals surface area (Å²) in [7, 11) is -3.26. The van der Waals surface area contributed by atoms with Gasteiger partial charge in [-0.15, -0.1) is 0 Å².